The van der Waals surface area contributed by atoms with Crippen molar-refractivity contribution >= 4 is 27.3 Å². The summed E-state index contributed by atoms with van der Waals surface area (Å²) in [5.74, 6) is 0. The Bertz CT molecular complexity index is 342. The van der Waals surface area contributed by atoms with E-state index in [9.17, 15) is 5.11 Å². The van der Waals surface area contributed by atoms with Crippen molar-refractivity contribution < 1.29 is 5.11 Å². The molecule has 2 atom stereocenters. The molecule has 0 bridgehead atoms. The number of nitrogens with zero attached hydrogens (tertiary/aromatic N) is 1. The van der Waals surface area contributed by atoms with Crippen LogP contribution in [0, 0.1) is 0 Å². The van der Waals surface area contributed by atoms with Crippen molar-refractivity contribution in [1.29, 1.82) is 0 Å². The first-order chi connectivity index (χ1) is 7.68. The zero-order valence-electron chi connectivity index (χ0n) is 9.53. The summed E-state index contributed by atoms with van der Waals surface area (Å²) in [4.78, 5) is 3.64. The Morgan fingerprint density at radius 1 is 1.50 bits per heavy atom. The maximum Gasteiger partial charge on any atom is 0.0695 e. The fraction of sp³-hybridized carbons (Fsp3) is 0.667. The van der Waals surface area contributed by atoms with Crippen LogP contribution >= 0.6 is 27.3 Å². The Hall–Kier alpha value is 0.1000. The number of rotatable bonds is 3. The Balaban J connectivity index is 1.96. The first-order valence-corrected chi connectivity index (χ1v) is 7.46. The standard InChI is InChI=1S/C12H18BrNOS/c1-14(8-12-9(13)6-7-16-12)10-4-2-3-5-11(10)15/h6-7,10-11,15H,2-5,8H2,1H3. The normalized spacial score (nSPS) is 26.2. The topological polar surface area (TPSA) is 23.5 Å². The predicted molar refractivity (Wildman–Crippen MR) is 71.7 cm³/mol. The van der Waals surface area contributed by atoms with Crippen LogP contribution in [-0.4, -0.2) is 29.2 Å². The van der Waals surface area contributed by atoms with E-state index in [4.69, 9.17) is 0 Å². The minimum atomic E-state index is -0.141. The highest BCUT2D eigenvalue weighted by Crippen LogP contribution is 2.27. The van der Waals surface area contributed by atoms with E-state index in [0.29, 0.717) is 6.04 Å². The molecule has 16 heavy (non-hydrogen) atoms. The summed E-state index contributed by atoms with van der Waals surface area (Å²) < 4.78 is 1.19. The van der Waals surface area contributed by atoms with Crippen molar-refractivity contribution in [2.75, 3.05) is 7.05 Å². The molecule has 1 aromatic heterocycles. The second-order valence-corrected chi connectivity index (χ2v) is 6.38. The molecule has 0 amide bonds. The molecule has 1 N–H and O–H groups in total. The summed E-state index contributed by atoms with van der Waals surface area (Å²) in [6, 6.07) is 2.42. The molecule has 1 aliphatic carbocycles. The van der Waals surface area contributed by atoms with Crippen LogP contribution in [0.5, 0.6) is 0 Å². The second-order valence-electron chi connectivity index (χ2n) is 4.53. The van der Waals surface area contributed by atoms with E-state index in [1.165, 1.54) is 22.2 Å². The highest BCUT2D eigenvalue weighted by molar-refractivity contribution is 9.10. The van der Waals surface area contributed by atoms with Gasteiger partial charge in [-0.1, -0.05) is 12.8 Å². The number of thiophene rings is 1. The summed E-state index contributed by atoms with van der Waals surface area (Å²) in [6.07, 6.45) is 4.37. The smallest absolute Gasteiger partial charge is 0.0695 e. The first kappa shape index (κ1) is 12.6. The Labute approximate surface area is 109 Å². The molecule has 0 radical (unpaired) electrons. The van der Waals surface area contributed by atoms with Crippen molar-refractivity contribution in [1.82, 2.24) is 4.90 Å². The van der Waals surface area contributed by atoms with Gasteiger partial charge in [-0.05, 0) is 47.3 Å². The van der Waals surface area contributed by atoms with Crippen LogP contribution in [-0.2, 0) is 6.54 Å². The summed E-state index contributed by atoms with van der Waals surface area (Å²) in [5, 5.41) is 12.1. The van der Waals surface area contributed by atoms with Gasteiger partial charge >= 0.3 is 0 Å². The minimum absolute atomic E-state index is 0.141. The number of halogens is 1. The van der Waals surface area contributed by atoms with Crippen molar-refractivity contribution in [3.05, 3.63) is 20.8 Å². The molecule has 4 heteroatoms. The molecule has 90 valence electrons. The fourth-order valence-corrected chi connectivity index (χ4v) is 3.93. The van der Waals surface area contributed by atoms with Crippen molar-refractivity contribution in [2.45, 2.75) is 44.4 Å². The van der Waals surface area contributed by atoms with E-state index in [0.717, 1.165) is 19.4 Å². The molecule has 1 aromatic rings. The molecule has 1 fully saturated rings. The summed E-state index contributed by atoms with van der Waals surface area (Å²) in [6.45, 7) is 0.931. The maximum absolute atomic E-state index is 9.99. The maximum atomic E-state index is 9.99. The van der Waals surface area contributed by atoms with E-state index < -0.39 is 0 Å². The van der Waals surface area contributed by atoms with Gasteiger partial charge in [0.15, 0.2) is 0 Å². The highest BCUT2D eigenvalue weighted by atomic mass is 79.9. The summed E-state index contributed by atoms with van der Waals surface area (Å²) in [7, 11) is 2.12. The monoisotopic (exact) mass is 303 g/mol. The van der Waals surface area contributed by atoms with Gasteiger partial charge in [0.2, 0.25) is 0 Å². The van der Waals surface area contributed by atoms with Crippen LogP contribution in [0.15, 0.2) is 15.9 Å². The van der Waals surface area contributed by atoms with E-state index in [-0.39, 0.29) is 6.10 Å². The van der Waals surface area contributed by atoms with Crippen molar-refractivity contribution in [3.63, 3.8) is 0 Å². The highest BCUT2D eigenvalue weighted by Gasteiger charge is 2.26. The van der Waals surface area contributed by atoms with Gasteiger partial charge in [-0.3, -0.25) is 4.90 Å². The van der Waals surface area contributed by atoms with Crippen LogP contribution in [0.1, 0.15) is 30.6 Å². The average molecular weight is 304 g/mol. The SMILES string of the molecule is CN(Cc1sccc1Br)C1CCCCC1O. The zero-order valence-corrected chi connectivity index (χ0v) is 11.9. The van der Waals surface area contributed by atoms with Gasteiger partial charge in [-0.2, -0.15) is 0 Å². The average Bonchev–Trinajstić information content (AvgIpc) is 2.65. The van der Waals surface area contributed by atoms with Crippen LogP contribution in [0.4, 0.5) is 0 Å². The van der Waals surface area contributed by atoms with E-state index in [1.807, 2.05) is 0 Å². The molecule has 0 aliphatic heterocycles. The number of aliphatic hydroxyl groups is 1. The predicted octanol–water partition coefficient (Wildman–Crippen LogP) is 3.25. The van der Waals surface area contributed by atoms with Crippen molar-refractivity contribution in [2.24, 2.45) is 0 Å². The largest absolute Gasteiger partial charge is 0.391 e. The quantitative estimate of drug-likeness (QED) is 0.926. The second kappa shape index (κ2) is 5.63. The molecule has 0 spiro atoms. The van der Waals surface area contributed by atoms with Gasteiger partial charge in [0.25, 0.3) is 0 Å². The molecule has 1 saturated carbocycles. The van der Waals surface area contributed by atoms with Gasteiger partial charge in [0.1, 0.15) is 0 Å². The molecular formula is C12H18BrNOS. The minimum Gasteiger partial charge on any atom is -0.391 e. The van der Waals surface area contributed by atoms with Crippen LogP contribution in [0.25, 0.3) is 0 Å². The molecule has 0 saturated heterocycles. The molecule has 0 aromatic carbocycles. The van der Waals surface area contributed by atoms with Gasteiger partial charge in [-0.25, -0.2) is 0 Å². The van der Waals surface area contributed by atoms with Gasteiger partial charge in [0.05, 0.1) is 6.10 Å². The summed E-state index contributed by atoms with van der Waals surface area (Å²) in [5.41, 5.74) is 0. The van der Waals surface area contributed by atoms with Crippen LogP contribution < -0.4 is 0 Å². The number of aliphatic hydroxyl groups excluding tert-OH is 1. The lowest BCUT2D eigenvalue weighted by Gasteiger charge is -2.35. The lowest BCUT2D eigenvalue weighted by atomic mass is 9.91. The van der Waals surface area contributed by atoms with Crippen molar-refractivity contribution in [3.8, 4) is 0 Å². The molecule has 2 nitrogen and oxygen atoms in total. The lowest BCUT2D eigenvalue weighted by molar-refractivity contribution is 0.0292. The van der Waals surface area contributed by atoms with Gasteiger partial charge in [-0.15, -0.1) is 11.3 Å². The van der Waals surface area contributed by atoms with Gasteiger partial charge < -0.3 is 5.11 Å². The molecule has 2 rings (SSSR count). The Morgan fingerprint density at radius 2 is 2.25 bits per heavy atom. The van der Waals surface area contributed by atoms with E-state index >= 15 is 0 Å². The van der Waals surface area contributed by atoms with Crippen LogP contribution in [0.3, 0.4) is 0 Å². The lowest BCUT2D eigenvalue weighted by Crippen LogP contribution is -2.42. The molecule has 2 unspecified atom stereocenters. The van der Waals surface area contributed by atoms with E-state index in [1.54, 1.807) is 11.3 Å². The first-order valence-electron chi connectivity index (χ1n) is 5.78. The molecular weight excluding hydrogens is 286 g/mol. The Morgan fingerprint density at radius 3 is 2.88 bits per heavy atom. The van der Waals surface area contributed by atoms with Gasteiger partial charge in [0, 0.05) is 21.9 Å². The number of hydrogen-bond donors (Lipinski definition) is 1. The summed E-state index contributed by atoms with van der Waals surface area (Å²) >= 11 is 5.33. The molecule has 1 aliphatic rings. The fourth-order valence-electron chi connectivity index (χ4n) is 2.39. The number of likely N-dealkylation sites (N-methyl/N-ethyl adjacent to an activating group) is 1. The van der Waals surface area contributed by atoms with E-state index in [2.05, 4.69) is 39.3 Å². The number of hydrogen-bond acceptors (Lipinski definition) is 3. The molecule has 1 heterocycles. The Kier molecular flexibility index (Phi) is 4.41. The third-order valence-electron chi connectivity index (χ3n) is 3.34. The third kappa shape index (κ3) is 2.86. The third-order valence-corrected chi connectivity index (χ3v) is 5.26. The van der Waals surface area contributed by atoms with Crippen LogP contribution in [0.2, 0.25) is 0 Å². The zero-order chi connectivity index (χ0) is 11.5.